The lowest BCUT2D eigenvalue weighted by Crippen LogP contribution is -1.98. The summed E-state index contributed by atoms with van der Waals surface area (Å²) in [5.41, 5.74) is 0.391. The molecule has 0 radical (unpaired) electrons. The van der Waals surface area contributed by atoms with Gasteiger partial charge in [-0.05, 0) is 11.8 Å². The number of rotatable bonds is 1. The van der Waals surface area contributed by atoms with E-state index in [4.69, 9.17) is 0 Å². The van der Waals surface area contributed by atoms with E-state index in [2.05, 4.69) is 17.6 Å². The number of nitrogens with zero attached hydrogens (tertiary/aromatic N) is 3. The van der Waals surface area contributed by atoms with Crippen molar-refractivity contribution in [1.29, 1.82) is 0 Å². The Balaban J connectivity index is 3.34. The molecule has 0 aliphatic carbocycles. The van der Waals surface area contributed by atoms with Gasteiger partial charge < -0.3 is 10.1 Å². The van der Waals surface area contributed by atoms with E-state index in [0.29, 0.717) is 10.9 Å². The highest BCUT2D eigenvalue weighted by molar-refractivity contribution is 7.80. The van der Waals surface area contributed by atoms with E-state index < -0.39 is 4.92 Å². The van der Waals surface area contributed by atoms with Crippen LogP contribution in [0.25, 0.3) is 0 Å². The third-order valence-electron chi connectivity index (χ3n) is 1.38. The fraction of sp³-hybridized carbons (Fsp3) is 0.400. The first kappa shape index (κ1) is 8.06. The Bertz CT molecular complexity index is 307. The first-order valence-corrected chi connectivity index (χ1v) is 3.35. The minimum atomic E-state index is -0.470. The van der Waals surface area contributed by atoms with Gasteiger partial charge in [0.2, 0.25) is 0 Å². The Labute approximate surface area is 68.6 Å². The molecule has 1 rings (SSSR count). The molecule has 0 aromatic carbocycles. The van der Waals surface area contributed by atoms with Crippen LogP contribution >= 0.6 is 12.6 Å². The Morgan fingerprint density at radius 2 is 2.27 bits per heavy atom. The molecule has 0 bridgehead atoms. The zero-order chi connectivity index (χ0) is 8.59. The molecule has 0 aliphatic heterocycles. The van der Waals surface area contributed by atoms with Gasteiger partial charge in [-0.25, -0.2) is 4.57 Å². The molecule has 1 heterocycles. The van der Waals surface area contributed by atoms with Crippen LogP contribution < -0.4 is 0 Å². The summed E-state index contributed by atoms with van der Waals surface area (Å²) >= 11 is 3.93. The predicted molar refractivity (Wildman–Crippen MR) is 41.9 cm³/mol. The number of nitro groups is 1. The average Bonchev–Trinajstić information content (AvgIpc) is 2.07. The number of aryl methyl sites for hydroxylation is 1. The van der Waals surface area contributed by atoms with Crippen molar-refractivity contribution in [3.63, 3.8) is 0 Å². The molecule has 6 heteroatoms. The van der Waals surface area contributed by atoms with E-state index in [1.54, 1.807) is 14.0 Å². The van der Waals surface area contributed by atoms with Gasteiger partial charge in [-0.15, -0.1) is 0 Å². The summed E-state index contributed by atoms with van der Waals surface area (Å²) < 4.78 is 1.33. The molecule has 0 unspecified atom stereocenters. The number of hydrogen-bond donors (Lipinski definition) is 1. The summed E-state index contributed by atoms with van der Waals surface area (Å²) in [5, 5.41) is 10.7. The topological polar surface area (TPSA) is 61.0 Å². The zero-order valence-electron chi connectivity index (χ0n) is 6.11. The Morgan fingerprint density at radius 3 is 2.45 bits per heavy atom. The number of imidazole rings is 1. The second-order valence-electron chi connectivity index (χ2n) is 2.14. The lowest BCUT2D eigenvalue weighted by molar-refractivity contribution is -0.392. The highest BCUT2D eigenvalue weighted by Crippen LogP contribution is 2.19. The molecule has 0 amide bonds. The molecule has 0 saturated carbocycles. The van der Waals surface area contributed by atoms with Crippen molar-refractivity contribution in [1.82, 2.24) is 9.55 Å². The van der Waals surface area contributed by atoms with Crippen LogP contribution in [0.15, 0.2) is 5.16 Å². The SMILES string of the molecule is Cc1nc(S)n(C)c1[N+](=O)[O-]. The van der Waals surface area contributed by atoms with E-state index in [9.17, 15) is 10.1 Å². The van der Waals surface area contributed by atoms with E-state index in [0.717, 1.165) is 0 Å². The quantitative estimate of drug-likeness (QED) is 0.390. The second kappa shape index (κ2) is 2.54. The van der Waals surface area contributed by atoms with Gasteiger partial charge in [-0.1, -0.05) is 12.6 Å². The highest BCUT2D eigenvalue weighted by Gasteiger charge is 2.18. The zero-order valence-corrected chi connectivity index (χ0v) is 7.00. The second-order valence-corrected chi connectivity index (χ2v) is 2.54. The molecule has 60 valence electrons. The van der Waals surface area contributed by atoms with Gasteiger partial charge in [0.15, 0.2) is 0 Å². The fourth-order valence-corrected chi connectivity index (χ4v) is 1.11. The van der Waals surface area contributed by atoms with Crippen molar-refractivity contribution in [2.24, 2.45) is 7.05 Å². The molecule has 0 spiro atoms. The molecular formula is C5H7N3O2S. The van der Waals surface area contributed by atoms with Crippen molar-refractivity contribution < 1.29 is 4.92 Å². The molecule has 0 saturated heterocycles. The molecule has 11 heavy (non-hydrogen) atoms. The predicted octanol–water partition coefficient (Wildman–Crippen LogP) is 0.925. The maximum atomic E-state index is 10.4. The first-order chi connectivity index (χ1) is 5.04. The average molecular weight is 173 g/mol. The normalized spacial score (nSPS) is 10.1. The van der Waals surface area contributed by atoms with Crippen molar-refractivity contribution in [2.75, 3.05) is 0 Å². The minimum Gasteiger partial charge on any atom is -0.358 e. The summed E-state index contributed by atoms with van der Waals surface area (Å²) in [6.45, 7) is 1.58. The summed E-state index contributed by atoms with van der Waals surface area (Å²) in [6, 6.07) is 0. The van der Waals surface area contributed by atoms with E-state index >= 15 is 0 Å². The summed E-state index contributed by atoms with van der Waals surface area (Å²) in [4.78, 5) is 13.7. The third kappa shape index (κ3) is 1.21. The molecular weight excluding hydrogens is 166 g/mol. The first-order valence-electron chi connectivity index (χ1n) is 2.90. The lowest BCUT2D eigenvalue weighted by atomic mass is 10.5. The Morgan fingerprint density at radius 1 is 1.73 bits per heavy atom. The van der Waals surface area contributed by atoms with Crippen molar-refractivity contribution in [3.05, 3.63) is 15.8 Å². The maximum Gasteiger partial charge on any atom is 0.346 e. The lowest BCUT2D eigenvalue weighted by Gasteiger charge is -1.93. The Hall–Kier alpha value is -1.04. The minimum absolute atomic E-state index is 0.00463. The number of hydrogen-bond acceptors (Lipinski definition) is 4. The van der Waals surface area contributed by atoms with Gasteiger partial charge in [-0.3, -0.25) is 0 Å². The van der Waals surface area contributed by atoms with Crippen molar-refractivity contribution in [3.8, 4) is 0 Å². The van der Waals surface area contributed by atoms with Gasteiger partial charge in [0.05, 0.1) is 7.05 Å². The van der Waals surface area contributed by atoms with Crippen LogP contribution in [0.2, 0.25) is 0 Å². The molecule has 1 aromatic heterocycles. The van der Waals surface area contributed by atoms with Gasteiger partial charge in [0.25, 0.3) is 5.16 Å². The van der Waals surface area contributed by atoms with Gasteiger partial charge in [0, 0.05) is 0 Å². The summed E-state index contributed by atoms with van der Waals surface area (Å²) in [5.74, 6) is -0.00463. The van der Waals surface area contributed by atoms with E-state index in [-0.39, 0.29) is 5.82 Å². The summed E-state index contributed by atoms with van der Waals surface area (Å²) in [6.07, 6.45) is 0. The van der Waals surface area contributed by atoms with E-state index in [1.807, 2.05) is 0 Å². The van der Waals surface area contributed by atoms with Crippen LogP contribution in [0.3, 0.4) is 0 Å². The maximum absolute atomic E-state index is 10.4. The molecule has 0 atom stereocenters. The molecule has 1 aromatic rings. The smallest absolute Gasteiger partial charge is 0.346 e. The van der Waals surface area contributed by atoms with Gasteiger partial charge in [0.1, 0.15) is 5.69 Å². The van der Waals surface area contributed by atoms with Crippen LogP contribution in [-0.4, -0.2) is 14.5 Å². The van der Waals surface area contributed by atoms with Crippen LogP contribution in [-0.2, 0) is 7.05 Å². The number of aromatic nitrogens is 2. The third-order valence-corrected chi connectivity index (χ3v) is 1.78. The van der Waals surface area contributed by atoms with Crippen LogP contribution in [0.4, 0.5) is 5.82 Å². The number of thiol groups is 1. The van der Waals surface area contributed by atoms with Gasteiger partial charge in [-0.2, -0.15) is 4.98 Å². The highest BCUT2D eigenvalue weighted by atomic mass is 32.1. The monoisotopic (exact) mass is 173 g/mol. The van der Waals surface area contributed by atoms with Crippen molar-refractivity contribution in [2.45, 2.75) is 12.1 Å². The van der Waals surface area contributed by atoms with E-state index in [1.165, 1.54) is 4.57 Å². The Kier molecular flexibility index (Phi) is 1.86. The van der Waals surface area contributed by atoms with Crippen LogP contribution in [0, 0.1) is 17.0 Å². The molecule has 0 fully saturated rings. The largest absolute Gasteiger partial charge is 0.358 e. The summed E-state index contributed by atoms with van der Waals surface area (Å²) in [7, 11) is 1.56. The fourth-order valence-electron chi connectivity index (χ4n) is 0.867. The van der Waals surface area contributed by atoms with Crippen LogP contribution in [0.1, 0.15) is 5.69 Å². The van der Waals surface area contributed by atoms with Gasteiger partial charge >= 0.3 is 5.82 Å². The molecule has 0 N–H and O–H groups in total. The van der Waals surface area contributed by atoms with Crippen LogP contribution in [0.5, 0.6) is 0 Å². The molecule has 0 aliphatic rings. The van der Waals surface area contributed by atoms with Crippen molar-refractivity contribution >= 4 is 18.4 Å². The standard InChI is InChI=1S/C5H7N3O2S/c1-3-4(8(9)10)7(2)5(11)6-3/h1-2H3,(H,6,11). The molecule has 5 nitrogen and oxygen atoms in total.